The smallest absolute Gasteiger partial charge is 0.253 e. The Morgan fingerprint density at radius 2 is 2.15 bits per heavy atom. The number of nitrogens with zero attached hydrogens (tertiary/aromatic N) is 1. The Labute approximate surface area is 164 Å². The predicted octanol–water partition coefficient (Wildman–Crippen LogP) is 2.89. The molecule has 142 valence electrons. The van der Waals surface area contributed by atoms with Crippen molar-refractivity contribution in [1.29, 1.82) is 0 Å². The number of rotatable bonds is 4. The standard InChI is InChI=1S/C19H26ClN3O2S/c1-3-13(2)21-17(24)16-12-26-19(22-16)7-9-23(10-8-19)18(25)14-5-4-6-15(20)11-14/h4-6,11,13,16,22H,3,7-10,12H2,1-2H3,(H,21,24). The van der Waals surface area contributed by atoms with Crippen molar-refractivity contribution in [2.24, 2.45) is 0 Å². The minimum Gasteiger partial charge on any atom is -0.352 e. The second-order valence-corrected chi connectivity index (χ2v) is 8.96. The van der Waals surface area contributed by atoms with E-state index >= 15 is 0 Å². The largest absolute Gasteiger partial charge is 0.352 e. The number of likely N-dealkylation sites (tertiary alicyclic amines) is 1. The van der Waals surface area contributed by atoms with Crippen molar-refractivity contribution in [3.05, 3.63) is 34.9 Å². The first kappa shape index (κ1) is 19.5. The van der Waals surface area contributed by atoms with Gasteiger partial charge in [-0.3, -0.25) is 14.9 Å². The summed E-state index contributed by atoms with van der Waals surface area (Å²) in [5.41, 5.74) is 0.631. The van der Waals surface area contributed by atoms with E-state index in [1.54, 1.807) is 24.3 Å². The summed E-state index contributed by atoms with van der Waals surface area (Å²) >= 11 is 7.81. The average molecular weight is 396 g/mol. The zero-order valence-electron chi connectivity index (χ0n) is 15.3. The fourth-order valence-electron chi connectivity index (χ4n) is 3.39. The molecule has 0 saturated carbocycles. The molecule has 1 spiro atoms. The van der Waals surface area contributed by atoms with Crippen molar-refractivity contribution in [3.8, 4) is 0 Å². The lowest BCUT2D eigenvalue weighted by molar-refractivity contribution is -0.123. The molecule has 2 aliphatic rings. The van der Waals surface area contributed by atoms with Gasteiger partial charge in [0.15, 0.2) is 0 Å². The molecule has 7 heteroatoms. The van der Waals surface area contributed by atoms with E-state index in [2.05, 4.69) is 17.6 Å². The zero-order valence-corrected chi connectivity index (χ0v) is 16.8. The SMILES string of the molecule is CCC(C)NC(=O)C1CSC2(CCN(C(=O)c3cccc(Cl)c3)CC2)N1. The Hall–Kier alpha value is -1.24. The Morgan fingerprint density at radius 1 is 1.42 bits per heavy atom. The van der Waals surface area contributed by atoms with Crippen molar-refractivity contribution in [3.63, 3.8) is 0 Å². The molecule has 0 aromatic heterocycles. The third-order valence-electron chi connectivity index (χ3n) is 5.21. The molecule has 2 heterocycles. The van der Waals surface area contributed by atoms with Gasteiger partial charge >= 0.3 is 0 Å². The Bertz CT molecular complexity index is 677. The van der Waals surface area contributed by atoms with E-state index in [4.69, 9.17) is 11.6 Å². The molecule has 3 rings (SSSR count). The third-order valence-corrected chi connectivity index (χ3v) is 7.02. The molecule has 5 nitrogen and oxygen atoms in total. The van der Waals surface area contributed by atoms with Gasteiger partial charge in [0.25, 0.3) is 5.91 Å². The molecule has 2 aliphatic heterocycles. The van der Waals surface area contributed by atoms with Gasteiger partial charge in [0.2, 0.25) is 5.91 Å². The normalized spacial score (nSPS) is 23.0. The second kappa shape index (κ2) is 8.19. The lowest BCUT2D eigenvalue weighted by Crippen LogP contribution is -2.55. The first-order valence-corrected chi connectivity index (χ1v) is 10.6. The Balaban J connectivity index is 1.55. The van der Waals surface area contributed by atoms with Crippen LogP contribution < -0.4 is 10.6 Å². The van der Waals surface area contributed by atoms with E-state index in [9.17, 15) is 9.59 Å². The highest BCUT2D eigenvalue weighted by Crippen LogP contribution is 2.39. The van der Waals surface area contributed by atoms with Crippen LogP contribution in [0.1, 0.15) is 43.5 Å². The number of nitrogens with one attached hydrogen (secondary N) is 2. The zero-order chi connectivity index (χ0) is 18.7. The number of thioether (sulfide) groups is 1. The van der Waals surface area contributed by atoms with Crippen LogP contribution in [-0.2, 0) is 4.79 Å². The van der Waals surface area contributed by atoms with Crippen LogP contribution in [0.15, 0.2) is 24.3 Å². The monoisotopic (exact) mass is 395 g/mol. The Morgan fingerprint density at radius 3 is 2.81 bits per heavy atom. The summed E-state index contributed by atoms with van der Waals surface area (Å²) in [7, 11) is 0. The van der Waals surface area contributed by atoms with E-state index in [0.717, 1.165) is 25.0 Å². The maximum Gasteiger partial charge on any atom is 0.253 e. The molecule has 2 unspecified atom stereocenters. The van der Waals surface area contributed by atoms with E-state index in [0.29, 0.717) is 23.7 Å². The fourth-order valence-corrected chi connectivity index (χ4v) is 5.00. The van der Waals surface area contributed by atoms with Gasteiger partial charge in [-0.15, -0.1) is 11.8 Å². The summed E-state index contributed by atoms with van der Waals surface area (Å²) < 4.78 is 0. The highest BCUT2D eigenvalue weighted by molar-refractivity contribution is 8.01. The molecule has 26 heavy (non-hydrogen) atoms. The van der Waals surface area contributed by atoms with Crippen molar-refractivity contribution in [2.75, 3.05) is 18.8 Å². The molecule has 2 atom stereocenters. The van der Waals surface area contributed by atoms with Crippen LogP contribution in [0.2, 0.25) is 5.02 Å². The summed E-state index contributed by atoms with van der Waals surface area (Å²) in [6, 6.07) is 7.14. The lowest BCUT2D eigenvalue weighted by Gasteiger charge is -2.39. The average Bonchev–Trinajstić information content (AvgIpc) is 3.05. The summed E-state index contributed by atoms with van der Waals surface area (Å²) in [6.45, 7) is 5.46. The number of halogens is 1. The van der Waals surface area contributed by atoms with Crippen LogP contribution in [-0.4, -0.2) is 52.5 Å². The molecule has 2 amide bonds. The van der Waals surface area contributed by atoms with Crippen molar-refractivity contribution in [2.45, 2.75) is 50.1 Å². The fraction of sp³-hybridized carbons (Fsp3) is 0.579. The summed E-state index contributed by atoms with van der Waals surface area (Å²) in [4.78, 5) is 26.8. The van der Waals surface area contributed by atoms with Gasteiger partial charge in [-0.25, -0.2) is 0 Å². The van der Waals surface area contributed by atoms with Gasteiger partial charge in [0, 0.05) is 35.5 Å². The van der Waals surface area contributed by atoms with Crippen LogP contribution in [0.4, 0.5) is 0 Å². The number of carbonyl (C=O) groups excluding carboxylic acids is 2. The molecular formula is C19H26ClN3O2S. The van der Waals surface area contributed by atoms with Crippen molar-refractivity contribution < 1.29 is 9.59 Å². The van der Waals surface area contributed by atoms with Crippen molar-refractivity contribution >= 4 is 35.2 Å². The van der Waals surface area contributed by atoms with Gasteiger partial charge < -0.3 is 10.2 Å². The highest BCUT2D eigenvalue weighted by Gasteiger charge is 2.44. The molecule has 0 bridgehead atoms. The molecule has 1 aromatic rings. The van der Waals surface area contributed by atoms with Crippen LogP contribution in [0.25, 0.3) is 0 Å². The summed E-state index contributed by atoms with van der Waals surface area (Å²) in [5, 5.41) is 7.17. The number of benzene rings is 1. The number of amides is 2. The maximum absolute atomic E-state index is 12.7. The van der Waals surface area contributed by atoms with Gasteiger partial charge in [-0.1, -0.05) is 24.6 Å². The third kappa shape index (κ3) is 4.35. The van der Waals surface area contributed by atoms with Crippen molar-refractivity contribution in [1.82, 2.24) is 15.5 Å². The maximum atomic E-state index is 12.7. The molecule has 0 aliphatic carbocycles. The summed E-state index contributed by atoms with van der Waals surface area (Å²) in [5.74, 6) is 0.891. The minimum atomic E-state index is -0.149. The number of hydrogen-bond acceptors (Lipinski definition) is 4. The van der Waals surface area contributed by atoms with Crippen LogP contribution in [0, 0.1) is 0 Å². The predicted molar refractivity (Wildman–Crippen MR) is 107 cm³/mol. The van der Waals surface area contributed by atoms with Crippen LogP contribution in [0.5, 0.6) is 0 Å². The highest BCUT2D eigenvalue weighted by atomic mass is 35.5. The minimum absolute atomic E-state index is 0.0245. The molecule has 1 aromatic carbocycles. The van der Waals surface area contributed by atoms with Gasteiger partial charge in [-0.2, -0.15) is 0 Å². The van der Waals surface area contributed by atoms with Gasteiger partial charge in [-0.05, 0) is 44.4 Å². The number of hydrogen-bond donors (Lipinski definition) is 2. The second-order valence-electron chi connectivity index (χ2n) is 7.12. The van der Waals surface area contributed by atoms with Gasteiger partial charge in [0.05, 0.1) is 10.9 Å². The lowest BCUT2D eigenvalue weighted by atomic mass is 10.0. The topological polar surface area (TPSA) is 61.4 Å². The first-order chi connectivity index (χ1) is 12.4. The van der Waals surface area contributed by atoms with Crippen LogP contribution in [0.3, 0.4) is 0 Å². The molecule has 2 fully saturated rings. The van der Waals surface area contributed by atoms with Crippen LogP contribution >= 0.6 is 23.4 Å². The molecule has 2 N–H and O–H groups in total. The first-order valence-electron chi connectivity index (χ1n) is 9.19. The van der Waals surface area contributed by atoms with E-state index in [1.807, 2.05) is 23.6 Å². The van der Waals surface area contributed by atoms with Gasteiger partial charge in [0.1, 0.15) is 0 Å². The van der Waals surface area contributed by atoms with E-state index < -0.39 is 0 Å². The number of piperidine rings is 1. The summed E-state index contributed by atoms with van der Waals surface area (Å²) in [6.07, 6.45) is 2.62. The molecule has 0 radical (unpaired) electrons. The quantitative estimate of drug-likeness (QED) is 0.822. The molecule has 2 saturated heterocycles. The Kier molecular flexibility index (Phi) is 6.15. The van der Waals surface area contributed by atoms with E-state index in [-0.39, 0.29) is 28.8 Å². The number of carbonyl (C=O) groups is 2. The van der Waals surface area contributed by atoms with E-state index in [1.165, 1.54) is 0 Å². The molecular weight excluding hydrogens is 370 g/mol.